The summed E-state index contributed by atoms with van der Waals surface area (Å²) in [4.78, 5) is 12.4. The predicted octanol–water partition coefficient (Wildman–Crippen LogP) is 3.60. The first-order chi connectivity index (χ1) is 12.1. The van der Waals surface area contributed by atoms with E-state index in [0.717, 1.165) is 5.56 Å². The summed E-state index contributed by atoms with van der Waals surface area (Å²) < 4.78 is 20.1. The minimum Gasteiger partial charge on any atom is -0.496 e. The van der Waals surface area contributed by atoms with Gasteiger partial charge >= 0.3 is 0 Å². The third-order valence-corrected chi connectivity index (χ3v) is 4.70. The van der Waals surface area contributed by atoms with Crippen LogP contribution in [0.25, 0.3) is 11.4 Å². The van der Waals surface area contributed by atoms with Crippen LogP contribution >= 0.6 is 11.8 Å². The number of ether oxygens (including phenoxy) is 1. The quantitative estimate of drug-likeness (QED) is 0.498. The second kappa shape index (κ2) is 7.48. The van der Waals surface area contributed by atoms with Gasteiger partial charge in [0.2, 0.25) is 0 Å². The van der Waals surface area contributed by atoms with E-state index in [1.54, 1.807) is 34.9 Å². The molecule has 0 atom stereocenters. The van der Waals surface area contributed by atoms with Gasteiger partial charge in [-0.25, -0.2) is 4.39 Å². The highest BCUT2D eigenvalue weighted by atomic mass is 32.2. The number of benzene rings is 2. The second-order valence-corrected chi connectivity index (χ2v) is 6.23. The van der Waals surface area contributed by atoms with Crippen LogP contribution in [0.15, 0.2) is 53.7 Å². The van der Waals surface area contributed by atoms with Crippen LogP contribution in [0.1, 0.15) is 10.4 Å². The van der Waals surface area contributed by atoms with E-state index >= 15 is 0 Å². The number of rotatable bonds is 6. The molecule has 1 aromatic heterocycles. The van der Waals surface area contributed by atoms with Crippen LogP contribution < -0.4 is 4.74 Å². The van der Waals surface area contributed by atoms with E-state index in [1.165, 1.54) is 31.0 Å². The fraction of sp³-hybridized carbons (Fsp3) is 0.167. The lowest BCUT2D eigenvalue weighted by Crippen LogP contribution is -2.06. The molecule has 25 heavy (non-hydrogen) atoms. The zero-order valence-corrected chi connectivity index (χ0v) is 14.6. The number of carbonyl (C=O) groups is 1. The minimum atomic E-state index is -0.303. The Morgan fingerprint density at radius 3 is 2.60 bits per heavy atom. The predicted molar refractivity (Wildman–Crippen MR) is 94.4 cm³/mol. The van der Waals surface area contributed by atoms with Crippen molar-refractivity contribution in [1.82, 2.24) is 14.8 Å². The number of para-hydroxylation sites is 1. The highest BCUT2D eigenvalue weighted by molar-refractivity contribution is 7.99. The molecule has 0 amide bonds. The highest BCUT2D eigenvalue weighted by Crippen LogP contribution is 2.25. The van der Waals surface area contributed by atoms with E-state index in [9.17, 15) is 9.18 Å². The molecular weight excluding hydrogens is 341 g/mol. The summed E-state index contributed by atoms with van der Waals surface area (Å²) in [5.74, 6) is 1.04. The zero-order valence-electron chi connectivity index (χ0n) is 13.8. The number of hydrogen-bond donors (Lipinski definition) is 0. The van der Waals surface area contributed by atoms with Crippen LogP contribution in [0.2, 0.25) is 0 Å². The van der Waals surface area contributed by atoms with E-state index in [4.69, 9.17) is 4.74 Å². The molecule has 2 aromatic carbocycles. The van der Waals surface area contributed by atoms with Crippen LogP contribution in [0.5, 0.6) is 5.75 Å². The van der Waals surface area contributed by atoms with Crippen molar-refractivity contribution in [3.63, 3.8) is 0 Å². The summed E-state index contributed by atoms with van der Waals surface area (Å²) in [6.45, 7) is 0. The molecule has 0 aliphatic heterocycles. The Morgan fingerprint density at radius 2 is 1.88 bits per heavy atom. The molecule has 0 fully saturated rings. The maximum atomic E-state index is 13.0. The second-order valence-electron chi connectivity index (χ2n) is 5.28. The van der Waals surface area contributed by atoms with Crippen LogP contribution in [0, 0.1) is 5.82 Å². The van der Waals surface area contributed by atoms with Crippen molar-refractivity contribution in [2.45, 2.75) is 5.16 Å². The minimum absolute atomic E-state index is 0.0474. The number of aromatic nitrogens is 3. The average Bonchev–Trinajstić information content (AvgIpc) is 3.01. The van der Waals surface area contributed by atoms with Gasteiger partial charge < -0.3 is 9.30 Å². The molecule has 5 nitrogen and oxygen atoms in total. The van der Waals surface area contributed by atoms with E-state index in [0.29, 0.717) is 22.3 Å². The standard InChI is InChI=1S/C18H16FN3O2S/c1-22-17(12-7-9-13(19)10-8-12)20-21-18(22)25-11-15(23)14-5-3-4-6-16(14)24-2/h3-10H,11H2,1-2H3. The van der Waals surface area contributed by atoms with Crippen molar-refractivity contribution >= 4 is 17.5 Å². The number of thioether (sulfide) groups is 1. The Bertz CT molecular complexity index is 894. The van der Waals surface area contributed by atoms with Crippen LogP contribution in [-0.2, 0) is 7.05 Å². The summed E-state index contributed by atoms with van der Waals surface area (Å²) in [6, 6.07) is 13.2. The molecule has 0 spiro atoms. The van der Waals surface area contributed by atoms with Gasteiger partial charge in [-0.05, 0) is 36.4 Å². The van der Waals surface area contributed by atoms with Gasteiger partial charge in [0, 0.05) is 12.6 Å². The molecule has 0 bridgehead atoms. The van der Waals surface area contributed by atoms with Gasteiger partial charge in [0.15, 0.2) is 16.8 Å². The molecular formula is C18H16FN3O2S. The summed E-state index contributed by atoms with van der Waals surface area (Å²) in [7, 11) is 3.35. The van der Waals surface area contributed by atoms with Gasteiger partial charge in [-0.1, -0.05) is 23.9 Å². The molecule has 0 aliphatic carbocycles. The molecule has 0 aliphatic rings. The van der Waals surface area contributed by atoms with E-state index < -0.39 is 0 Å². The highest BCUT2D eigenvalue weighted by Gasteiger charge is 2.16. The van der Waals surface area contributed by atoms with Crippen molar-refractivity contribution < 1.29 is 13.9 Å². The summed E-state index contributed by atoms with van der Waals surface area (Å²) >= 11 is 1.30. The lowest BCUT2D eigenvalue weighted by molar-refractivity contribution is 0.101. The van der Waals surface area contributed by atoms with Gasteiger partial charge in [-0.3, -0.25) is 4.79 Å². The molecule has 0 radical (unpaired) electrons. The topological polar surface area (TPSA) is 57.0 Å². The fourth-order valence-corrected chi connectivity index (χ4v) is 3.17. The van der Waals surface area contributed by atoms with E-state index in [1.807, 2.05) is 13.1 Å². The number of Topliss-reactive ketones (excluding diaryl/α,β-unsaturated/α-hetero) is 1. The smallest absolute Gasteiger partial charge is 0.191 e. The first kappa shape index (κ1) is 17.2. The average molecular weight is 357 g/mol. The van der Waals surface area contributed by atoms with Crippen molar-refractivity contribution in [3.05, 3.63) is 59.9 Å². The molecule has 128 valence electrons. The first-order valence-corrected chi connectivity index (χ1v) is 8.53. The molecule has 1 heterocycles. The molecule has 0 N–H and O–H groups in total. The van der Waals surface area contributed by atoms with Crippen molar-refractivity contribution in [3.8, 4) is 17.1 Å². The number of methoxy groups -OCH3 is 1. The Labute approximate surface area is 148 Å². The Morgan fingerprint density at radius 1 is 1.16 bits per heavy atom. The maximum absolute atomic E-state index is 13.0. The molecule has 0 saturated carbocycles. The molecule has 3 rings (SSSR count). The third-order valence-electron chi connectivity index (χ3n) is 3.68. The van der Waals surface area contributed by atoms with E-state index in [-0.39, 0.29) is 17.4 Å². The molecule has 0 saturated heterocycles. The van der Waals surface area contributed by atoms with Crippen molar-refractivity contribution in [2.24, 2.45) is 7.05 Å². The summed E-state index contributed by atoms with van der Waals surface area (Å²) in [6.07, 6.45) is 0. The number of nitrogens with zero attached hydrogens (tertiary/aromatic N) is 3. The summed E-state index contributed by atoms with van der Waals surface area (Å²) in [5.41, 5.74) is 1.30. The monoisotopic (exact) mass is 357 g/mol. The van der Waals surface area contributed by atoms with Crippen LogP contribution in [-0.4, -0.2) is 33.4 Å². The van der Waals surface area contributed by atoms with Crippen molar-refractivity contribution in [2.75, 3.05) is 12.9 Å². The number of carbonyl (C=O) groups excluding carboxylic acids is 1. The Kier molecular flexibility index (Phi) is 5.14. The van der Waals surface area contributed by atoms with Gasteiger partial charge in [0.25, 0.3) is 0 Å². The first-order valence-electron chi connectivity index (χ1n) is 7.54. The third kappa shape index (κ3) is 3.71. The molecule has 7 heteroatoms. The van der Waals surface area contributed by atoms with Gasteiger partial charge in [0.05, 0.1) is 18.4 Å². The van der Waals surface area contributed by atoms with Gasteiger partial charge in [0.1, 0.15) is 11.6 Å². The number of ketones is 1. The fourth-order valence-electron chi connectivity index (χ4n) is 2.37. The maximum Gasteiger partial charge on any atom is 0.191 e. The molecule has 0 unspecified atom stereocenters. The lowest BCUT2D eigenvalue weighted by atomic mass is 10.1. The van der Waals surface area contributed by atoms with Crippen LogP contribution in [0.4, 0.5) is 4.39 Å². The lowest BCUT2D eigenvalue weighted by Gasteiger charge is -2.07. The van der Waals surface area contributed by atoms with Crippen LogP contribution in [0.3, 0.4) is 0 Å². The summed E-state index contributed by atoms with van der Waals surface area (Å²) in [5, 5.41) is 8.87. The molecule has 3 aromatic rings. The van der Waals surface area contributed by atoms with Gasteiger partial charge in [-0.2, -0.15) is 0 Å². The zero-order chi connectivity index (χ0) is 17.8. The SMILES string of the molecule is COc1ccccc1C(=O)CSc1nnc(-c2ccc(F)cc2)n1C. The number of hydrogen-bond acceptors (Lipinski definition) is 5. The largest absolute Gasteiger partial charge is 0.496 e. The van der Waals surface area contributed by atoms with E-state index in [2.05, 4.69) is 10.2 Å². The number of halogens is 1. The van der Waals surface area contributed by atoms with Crippen molar-refractivity contribution in [1.29, 1.82) is 0 Å². The van der Waals surface area contributed by atoms with Gasteiger partial charge in [-0.15, -0.1) is 10.2 Å². The Balaban J connectivity index is 1.74. The normalized spacial score (nSPS) is 10.7. The Hall–Kier alpha value is -2.67.